The summed E-state index contributed by atoms with van der Waals surface area (Å²) in [5, 5.41) is 21.3. The molecule has 0 radical (unpaired) electrons. The Bertz CT molecular complexity index is 478. The number of nitriles is 1. The van der Waals surface area contributed by atoms with Gasteiger partial charge in [-0.05, 0) is 37.2 Å². The third kappa shape index (κ3) is 2.36. The van der Waals surface area contributed by atoms with Crippen molar-refractivity contribution >= 4 is 0 Å². The lowest BCUT2D eigenvalue weighted by Gasteiger charge is -2.41. The van der Waals surface area contributed by atoms with Crippen LogP contribution in [0.2, 0.25) is 0 Å². The van der Waals surface area contributed by atoms with E-state index in [9.17, 15) is 10.4 Å². The molecule has 2 nitrogen and oxygen atoms in total. The minimum Gasteiger partial charge on any atom is -0.383 e. The summed E-state index contributed by atoms with van der Waals surface area (Å²) in [7, 11) is 0. The summed E-state index contributed by atoms with van der Waals surface area (Å²) in [5.41, 5.74) is -0.729. The van der Waals surface area contributed by atoms with Crippen LogP contribution in [-0.4, -0.2) is 5.11 Å². The molecule has 3 atom stereocenters. The Balaban J connectivity index is 2.44. The Hall–Kier alpha value is -1.33. The van der Waals surface area contributed by atoms with Gasteiger partial charge < -0.3 is 5.11 Å². The third-order valence-corrected chi connectivity index (χ3v) is 5.06. The van der Waals surface area contributed by atoms with Crippen LogP contribution in [-0.2, 0) is 5.60 Å². The molecule has 108 valence electrons. The summed E-state index contributed by atoms with van der Waals surface area (Å²) >= 11 is 0. The van der Waals surface area contributed by atoms with Crippen molar-refractivity contribution in [3.05, 3.63) is 35.9 Å². The van der Waals surface area contributed by atoms with Crippen molar-refractivity contribution in [3.63, 3.8) is 0 Å². The Morgan fingerprint density at radius 1 is 1.35 bits per heavy atom. The van der Waals surface area contributed by atoms with Crippen molar-refractivity contribution in [2.45, 2.75) is 58.0 Å². The maximum absolute atomic E-state index is 11.4. The van der Waals surface area contributed by atoms with Gasteiger partial charge in [-0.25, -0.2) is 0 Å². The average molecular weight is 271 g/mol. The van der Waals surface area contributed by atoms with E-state index in [0.29, 0.717) is 12.3 Å². The molecule has 0 bridgehead atoms. The highest BCUT2D eigenvalue weighted by atomic mass is 16.3. The van der Waals surface area contributed by atoms with E-state index in [1.807, 2.05) is 30.3 Å². The van der Waals surface area contributed by atoms with E-state index in [-0.39, 0.29) is 0 Å². The summed E-state index contributed by atoms with van der Waals surface area (Å²) < 4.78 is 0. The summed E-state index contributed by atoms with van der Waals surface area (Å²) in [4.78, 5) is 0. The lowest BCUT2D eigenvalue weighted by molar-refractivity contribution is -0.0688. The van der Waals surface area contributed by atoms with Gasteiger partial charge in [0.2, 0.25) is 0 Å². The fourth-order valence-electron chi connectivity index (χ4n) is 3.80. The first kappa shape index (κ1) is 15.1. The SMILES string of the molecule is CCCC(O)(c1ccccc1)C1(C#N)CCC(CC)C1. The zero-order valence-electron chi connectivity index (χ0n) is 12.6. The maximum Gasteiger partial charge on any atom is 0.108 e. The largest absolute Gasteiger partial charge is 0.383 e. The quantitative estimate of drug-likeness (QED) is 0.863. The molecular formula is C18H25NO. The van der Waals surface area contributed by atoms with Crippen LogP contribution < -0.4 is 0 Å². The molecule has 2 rings (SSSR count). The monoisotopic (exact) mass is 271 g/mol. The van der Waals surface area contributed by atoms with E-state index in [1.54, 1.807) is 0 Å². The topological polar surface area (TPSA) is 44.0 Å². The average Bonchev–Trinajstić information content (AvgIpc) is 2.93. The van der Waals surface area contributed by atoms with Gasteiger partial charge in [-0.1, -0.05) is 57.0 Å². The summed E-state index contributed by atoms with van der Waals surface area (Å²) in [6, 6.07) is 12.3. The van der Waals surface area contributed by atoms with Crippen molar-refractivity contribution in [2.24, 2.45) is 11.3 Å². The summed E-state index contributed by atoms with van der Waals surface area (Å²) in [5.74, 6) is 0.571. The molecule has 1 aromatic rings. The lowest BCUT2D eigenvalue weighted by atomic mass is 9.65. The smallest absolute Gasteiger partial charge is 0.108 e. The fraction of sp³-hybridized carbons (Fsp3) is 0.611. The lowest BCUT2D eigenvalue weighted by Crippen LogP contribution is -2.43. The highest BCUT2D eigenvalue weighted by Gasteiger charge is 2.54. The highest BCUT2D eigenvalue weighted by molar-refractivity contribution is 5.30. The second-order valence-electron chi connectivity index (χ2n) is 6.19. The predicted molar refractivity (Wildman–Crippen MR) is 80.9 cm³/mol. The molecular weight excluding hydrogens is 246 g/mol. The van der Waals surface area contributed by atoms with Crippen molar-refractivity contribution in [1.29, 1.82) is 5.26 Å². The fourth-order valence-corrected chi connectivity index (χ4v) is 3.80. The Morgan fingerprint density at radius 3 is 2.55 bits per heavy atom. The molecule has 0 aliphatic heterocycles. The van der Waals surface area contributed by atoms with Crippen molar-refractivity contribution in [3.8, 4) is 6.07 Å². The molecule has 1 fully saturated rings. The maximum atomic E-state index is 11.4. The molecule has 20 heavy (non-hydrogen) atoms. The van der Waals surface area contributed by atoms with Crippen molar-refractivity contribution in [2.75, 3.05) is 0 Å². The minimum absolute atomic E-state index is 0.571. The van der Waals surface area contributed by atoms with Crippen LogP contribution in [0.25, 0.3) is 0 Å². The van der Waals surface area contributed by atoms with Crippen LogP contribution in [0.3, 0.4) is 0 Å². The zero-order valence-corrected chi connectivity index (χ0v) is 12.6. The van der Waals surface area contributed by atoms with E-state index in [0.717, 1.165) is 37.7 Å². The molecule has 1 saturated carbocycles. The van der Waals surface area contributed by atoms with Gasteiger partial charge in [0.05, 0.1) is 11.5 Å². The highest BCUT2D eigenvalue weighted by Crippen LogP contribution is 2.55. The van der Waals surface area contributed by atoms with E-state index in [1.165, 1.54) is 0 Å². The summed E-state index contributed by atoms with van der Waals surface area (Å²) in [6.45, 7) is 4.25. The number of aliphatic hydroxyl groups is 1. The molecule has 3 unspecified atom stereocenters. The number of benzene rings is 1. The van der Waals surface area contributed by atoms with Gasteiger partial charge in [0, 0.05) is 0 Å². The zero-order chi connectivity index (χ0) is 14.6. The first-order chi connectivity index (χ1) is 9.62. The van der Waals surface area contributed by atoms with Gasteiger partial charge in [0.1, 0.15) is 5.60 Å². The molecule has 1 N–H and O–H groups in total. The molecule has 0 aromatic heterocycles. The minimum atomic E-state index is -1.01. The van der Waals surface area contributed by atoms with E-state index < -0.39 is 11.0 Å². The van der Waals surface area contributed by atoms with Crippen LogP contribution in [0.4, 0.5) is 0 Å². The van der Waals surface area contributed by atoms with Gasteiger partial charge >= 0.3 is 0 Å². The second-order valence-corrected chi connectivity index (χ2v) is 6.19. The van der Waals surface area contributed by atoms with E-state index in [4.69, 9.17) is 0 Å². The van der Waals surface area contributed by atoms with Crippen molar-refractivity contribution < 1.29 is 5.11 Å². The van der Waals surface area contributed by atoms with Crippen LogP contribution in [0.15, 0.2) is 30.3 Å². The molecule has 2 heteroatoms. The van der Waals surface area contributed by atoms with Gasteiger partial charge in [-0.15, -0.1) is 0 Å². The molecule has 1 aliphatic carbocycles. The number of hydrogen-bond donors (Lipinski definition) is 1. The first-order valence-electron chi connectivity index (χ1n) is 7.81. The van der Waals surface area contributed by atoms with E-state index >= 15 is 0 Å². The molecule has 0 saturated heterocycles. The third-order valence-electron chi connectivity index (χ3n) is 5.06. The van der Waals surface area contributed by atoms with Crippen LogP contribution >= 0.6 is 0 Å². The summed E-state index contributed by atoms with van der Waals surface area (Å²) in [6.07, 6.45) is 5.33. The molecule has 1 aromatic carbocycles. The molecule has 0 heterocycles. The Kier molecular flexibility index (Phi) is 4.50. The Morgan fingerprint density at radius 2 is 2.05 bits per heavy atom. The van der Waals surface area contributed by atoms with Crippen LogP contribution in [0.5, 0.6) is 0 Å². The Labute approximate surface area is 122 Å². The van der Waals surface area contributed by atoms with Crippen LogP contribution in [0.1, 0.15) is 57.9 Å². The second kappa shape index (κ2) is 5.97. The molecule has 0 spiro atoms. The van der Waals surface area contributed by atoms with Crippen LogP contribution in [0, 0.1) is 22.7 Å². The van der Waals surface area contributed by atoms with Gasteiger partial charge in [-0.2, -0.15) is 5.26 Å². The van der Waals surface area contributed by atoms with Gasteiger partial charge in [-0.3, -0.25) is 0 Å². The molecule has 1 aliphatic rings. The van der Waals surface area contributed by atoms with Gasteiger partial charge in [0.15, 0.2) is 0 Å². The first-order valence-corrected chi connectivity index (χ1v) is 7.81. The van der Waals surface area contributed by atoms with Gasteiger partial charge in [0.25, 0.3) is 0 Å². The normalized spacial score (nSPS) is 28.8. The number of hydrogen-bond acceptors (Lipinski definition) is 2. The predicted octanol–water partition coefficient (Wildman–Crippen LogP) is 4.39. The number of nitrogens with zero attached hydrogens (tertiary/aromatic N) is 1. The number of rotatable bonds is 5. The standard InChI is InChI=1S/C18H25NO/c1-3-11-18(20,16-8-6-5-7-9-16)17(14-19)12-10-15(4-2)13-17/h5-9,15,20H,3-4,10-13H2,1-2H3. The van der Waals surface area contributed by atoms with Crippen molar-refractivity contribution in [1.82, 2.24) is 0 Å². The van der Waals surface area contributed by atoms with E-state index in [2.05, 4.69) is 19.9 Å². The molecule has 0 amide bonds.